The van der Waals surface area contributed by atoms with E-state index in [4.69, 9.17) is 0 Å². The molecule has 0 bridgehead atoms. The maximum absolute atomic E-state index is 4.69. The summed E-state index contributed by atoms with van der Waals surface area (Å²) < 4.78 is 0. The van der Waals surface area contributed by atoms with Crippen LogP contribution in [0.5, 0.6) is 0 Å². The fourth-order valence-electron chi connectivity index (χ4n) is 2.68. The van der Waals surface area contributed by atoms with Crippen molar-refractivity contribution in [3.63, 3.8) is 0 Å². The van der Waals surface area contributed by atoms with Gasteiger partial charge in [-0.1, -0.05) is 18.2 Å². The molecule has 0 aliphatic heterocycles. The fourth-order valence-corrected chi connectivity index (χ4v) is 2.68. The van der Waals surface area contributed by atoms with Crippen molar-refractivity contribution >= 4 is 10.9 Å². The summed E-state index contributed by atoms with van der Waals surface area (Å²) in [6, 6.07) is 8.53. The number of para-hydroxylation sites is 1. The summed E-state index contributed by atoms with van der Waals surface area (Å²) >= 11 is 0. The van der Waals surface area contributed by atoms with Crippen LogP contribution in [-0.4, -0.2) is 4.98 Å². The Labute approximate surface area is 90.2 Å². The average molecular weight is 197 g/mol. The van der Waals surface area contributed by atoms with Gasteiger partial charge in [0.25, 0.3) is 0 Å². The Bertz CT molecular complexity index is 514. The molecule has 1 aliphatic carbocycles. The predicted molar refractivity (Wildman–Crippen MR) is 63.1 cm³/mol. The summed E-state index contributed by atoms with van der Waals surface area (Å²) in [5.74, 6) is 0. The standard InChI is InChI=1S/C14H15N/c1-10-11-6-2-3-7-12(11)13-8-4-5-9-14(13)15-10/h4-5,8-9H,2-3,6-7H2,1H3. The van der Waals surface area contributed by atoms with Crippen molar-refractivity contribution in [2.75, 3.05) is 0 Å². The molecule has 1 heterocycles. The zero-order chi connectivity index (χ0) is 10.3. The highest BCUT2D eigenvalue weighted by molar-refractivity contribution is 5.83. The van der Waals surface area contributed by atoms with Crippen LogP contribution in [0.15, 0.2) is 24.3 Å². The number of hydrogen-bond acceptors (Lipinski definition) is 1. The second kappa shape index (κ2) is 3.34. The van der Waals surface area contributed by atoms with E-state index in [2.05, 4.69) is 36.2 Å². The molecule has 1 heteroatoms. The van der Waals surface area contributed by atoms with E-state index < -0.39 is 0 Å². The quantitative estimate of drug-likeness (QED) is 0.630. The molecule has 1 nitrogen and oxygen atoms in total. The van der Waals surface area contributed by atoms with Crippen molar-refractivity contribution in [3.05, 3.63) is 41.1 Å². The highest BCUT2D eigenvalue weighted by Crippen LogP contribution is 2.29. The number of rotatable bonds is 0. The van der Waals surface area contributed by atoms with E-state index in [1.165, 1.54) is 42.3 Å². The van der Waals surface area contributed by atoms with E-state index in [1.54, 1.807) is 5.56 Å². The smallest absolute Gasteiger partial charge is 0.0708 e. The number of aromatic nitrogens is 1. The van der Waals surface area contributed by atoms with Crippen LogP contribution in [0.2, 0.25) is 0 Å². The third kappa shape index (κ3) is 1.34. The van der Waals surface area contributed by atoms with Crippen LogP contribution in [0.25, 0.3) is 10.9 Å². The maximum Gasteiger partial charge on any atom is 0.0708 e. The van der Waals surface area contributed by atoms with E-state index in [0.717, 1.165) is 5.52 Å². The van der Waals surface area contributed by atoms with E-state index in [1.807, 2.05) is 0 Å². The van der Waals surface area contributed by atoms with Crippen LogP contribution in [0.4, 0.5) is 0 Å². The molecule has 15 heavy (non-hydrogen) atoms. The summed E-state index contributed by atoms with van der Waals surface area (Å²) in [7, 11) is 0. The second-order valence-electron chi connectivity index (χ2n) is 4.38. The highest BCUT2D eigenvalue weighted by atomic mass is 14.7. The molecule has 2 aromatic rings. The molecule has 0 amide bonds. The summed E-state index contributed by atoms with van der Waals surface area (Å²) in [6.07, 6.45) is 5.12. The summed E-state index contributed by atoms with van der Waals surface area (Å²) in [4.78, 5) is 4.69. The van der Waals surface area contributed by atoms with E-state index in [0.29, 0.717) is 0 Å². The minimum absolute atomic E-state index is 1.16. The van der Waals surface area contributed by atoms with E-state index >= 15 is 0 Å². The second-order valence-corrected chi connectivity index (χ2v) is 4.38. The Morgan fingerprint density at radius 3 is 2.60 bits per heavy atom. The van der Waals surface area contributed by atoms with Gasteiger partial charge in [0.2, 0.25) is 0 Å². The molecule has 1 aromatic carbocycles. The Morgan fingerprint density at radius 2 is 1.73 bits per heavy atom. The van der Waals surface area contributed by atoms with Gasteiger partial charge in [-0.15, -0.1) is 0 Å². The normalized spacial score (nSPS) is 15.3. The molecular formula is C14H15N. The van der Waals surface area contributed by atoms with E-state index in [9.17, 15) is 0 Å². The van der Waals surface area contributed by atoms with Crippen LogP contribution in [0.3, 0.4) is 0 Å². The van der Waals surface area contributed by atoms with Gasteiger partial charge in [0.05, 0.1) is 5.52 Å². The van der Waals surface area contributed by atoms with Gasteiger partial charge in [0.15, 0.2) is 0 Å². The largest absolute Gasteiger partial charge is 0.253 e. The molecule has 0 radical (unpaired) electrons. The summed E-state index contributed by atoms with van der Waals surface area (Å²) in [5.41, 5.74) is 5.48. The molecule has 0 saturated heterocycles. The molecule has 76 valence electrons. The Hall–Kier alpha value is -1.37. The first-order valence-electron chi connectivity index (χ1n) is 5.73. The molecule has 0 spiro atoms. The minimum atomic E-state index is 1.16. The maximum atomic E-state index is 4.69. The third-order valence-electron chi connectivity index (χ3n) is 3.42. The van der Waals surface area contributed by atoms with Gasteiger partial charge >= 0.3 is 0 Å². The zero-order valence-electron chi connectivity index (χ0n) is 9.09. The van der Waals surface area contributed by atoms with Crippen molar-refractivity contribution in [1.82, 2.24) is 4.98 Å². The Kier molecular flexibility index (Phi) is 1.98. The molecule has 3 rings (SSSR count). The minimum Gasteiger partial charge on any atom is -0.253 e. The number of nitrogens with zero attached hydrogens (tertiary/aromatic N) is 1. The highest BCUT2D eigenvalue weighted by Gasteiger charge is 2.15. The van der Waals surface area contributed by atoms with Crippen molar-refractivity contribution in [2.24, 2.45) is 0 Å². The Morgan fingerprint density at radius 1 is 1.00 bits per heavy atom. The van der Waals surface area contributed by atoms with Gasteiger partial charge in [0, 0.05) is 11.1 Å². The molecule has 0 saturated carbocycles. The summed E-state index contributed by atoms with van der Waals surface area (Å²) in [5, 5.41) is 1.37. The van der Waals surface area contributed by atoms with Gasteiger partial charge in [-0.2, -0.15) is 0 Å². The van der Waals surface area contributed by atoms with Crippen molar-refractivity contribution in [2.45, 2.75) is 32.6 Å². The first-order chi connectivity index (χ1) is 7.36. The molecule has 0 atom stereocenters. The predicted octanol–water partition coefficient (Wildman–Crippen LogP) is 3.42. The number of benzene rings is 1. The van der Waals surface area contributed by atoms with Gasteiger partial charge in [-0.3, -0.25) is 4.98 Å². The lowest BCUT2D eigenvalue weighted by Crippen LogP contribution is -2.07. The van der Waals surface area contributed by atoms with Gasteiger partial charge in [0.1, 0.15) is 0 Å². The SMILES string of the molecule is Cc1nc2ccccc2c2c1CCCC2. The molecule has 1 aromatic heterocycles. The van der Waals surface area contributed by atoms with Gasteiger partial charge in [-0.05, 0) is 49.8 Å². The number of hydrogen-bond donors (Lipinski definition) is 0. The van der Waals surface area contributed by atoms with Gasteiger partial charge < -0.3 is 0 Å². The van der Waals surface area contributed by atoms with Crippen LogP contribution >= 0.6 is 0 Å². The molecule has 1 aliphatic rings. The molecule has 0 fully saturated rings. The van der Waals surface area contributed by atoms with Crippen molar-refractivity contribution < 1.29 is 0 Å². The van der Waals surface area contributed by atoms with Crippen molar-refractivity contribution in [3.8, 4) is 0 Å². The molecule has 0 unspecified atom stereocenters. The van der Waals surface area contributed by atoms with Crippen LogP contribution in [0.1, 0.15) is 29.7 Å². The summed E-state index contributed by atoms with van der Waals surface area (Å²) in [6.45, 7) is 2.15. The van der Waals surface area contributed by atoms with Crippen LogP contribution in [-0.2, 0) is 12.8 Å². The van der Waals surface area contributed by atoms with Crippen LogP contribution in [0, 0.1) is 6.92 Å². The number of pyridine rings is 1. The monoisotopic (exact) mass is 197 g/mol. The Balaban J connectivity index is 2.39. The number of aryl methyl sites for hydroxylation is 2. The van der Waals surface area contributed by atoms with Crippen molar-refractivity contribution in [1.29, 1.82) is 0 Å². The fraction of sp³-hybridized carbons (Fsp3) is 0.357. The van der Waals surface area contributed by atoms with Crippen LogP contribution < -0.4 is 0 Å². The first-order valence-corrected chi connectivity index (χ1v) is 5.73. The van der Waals surface area contributed by atoms with Gasteiger partial charge in [-0.25, -0.2) is 0 Å². The lowest BCUT2D eigenvalue weighted by molar-refractivity contribution is 0.683. The lowest BCUT2D eigenvalue weighted by atomic mass is 9.88. The topological polar surface area (TPSA) is 12.9 Å². The zero-order valence-corrected chi connectivity index (χ0v) is 9.09. The molecule has 0 N–H and O–H groups in total. The third-order valence-corrected chi connectivity index (χ3v) is 3.42. The lowest BCUT2D eigenvalue weighted by Gasteiger charge is -2.19. The molecular weight excluding hydrogens is 182 g/mol. The number of fused-ring (bicyclic) bond motifs is 3. The first kappa shape index (κ1) is 8.90. The average Bonchev–Trinajstić information content (AvgIpc) is 2.30. The van der Waals surface area contributed by atoms with E-state index in [-0.39, 0.29) is 0 Å².